The molecule has 0 spiro atoms. The van der Waals surface area contributed by atoms with Gasteiger partial charge in [0.1, 0.15) is 12.4 Å². The Morgan fingerprint density at radius 2 is 1.63 bits per heavy atom. The number of hydrogen-bond donors (Lipinski definition) is 1. The van der Waals surface area contributed by atoms with Crippen LogP contribution >= 0.6 is 0 Å². The van der Waals surface area contributed by atoms with Crippen molar-refractivity contribution >= 4 is 17.6 Å². The largest absolute Gasteiger partial charge is 0.457 e. The smallest absolute Gasteiger partial charge is 0.338 e. The Kier molecular flexibility index (Phi) is 8.27. The van der Waals surface area contributed by atoms with Crippen LogP contribution in [0.15, 0.2) is 72.8 Å². The van der Waals surface area contributed by atoms with Crippen molar-refractivity contribution in [2.75, 3.05) is 11.4 Å². The molecule has 0 aromatic heterocycles. The van der Waals surface area contributed by atoms with Gasteiger partial charge in [-0.15, -0.1) is 0 Å². The number of nitrogens with two attached hydrogens (primary N) is 1. The molecule has 3 aromatic rings. The fourth-order valence-electron chi connectivity index (χ4n) is 4.59. The summed E-state index contributed by atoms with van der Waals surface area (Å²) in [6.45, 7) is 0.0356. The minimum Gasteiger partial charge on any atom is -0.457 e. The highest BCUT2D eigenvalue weighted by Gasteiger charge is 2.21. The molecule has 1 saturated carbocycles. The van der Waals surface area contributed by atoms with E-state index in [2.05, 4.69) is 12.1 Å². The predicted molar refractivity (Wildman–Crippen MR) is 134 cm³/mol. The minimum absolute atomic E-state index is 0.0800. The van der Waals surface area contributed by atoms with E-state index in [1.807, 2.05) is 42.5 Å². The maximum atomic E-state index is 15.1. The summed E-state index contributed by atoms with van der Waals surface area (Å²) in [4.78, 5) is 26.3. The van der Waals surface area contributed by atoms with Gasteiger partial charge in [-0.2, -0.15) is 0 Å². The van der Waals surface area contributed by atoms with E-state index in [1.165, 1.54) is 54.7 Å². The first kappa shape index (κ1) is 24.6. The first-order valence-electron chi connectivity index (χ1n) is 12.1. The van der Waals surface area contributed by atoms with Gasteiger partial charge in [-0.3, -0.25) is 4.79 Å². The molecule has 35 heavy (non-hydrogen) atoms. The lowest BCUT2D eigenvalue weighted by Gasteiger charge is -2.24. The van der Waals surface area contributed by atoms with Crippen LogP contribution in [-0.4, -0.2) is 18.4 Å². The lowest BCUT2D eigenvalue weighted by Crippen LogP contribution is -2.36. The maximum absolute atomic E-state index is 15.1. The zero-order valence-corrected chi connectivity index (χ0v) is 19.8. The molecule has 6 heteroatoms. The predicted octanol–water partition coefficient (Wildman–Crippen LogP) is 5.72. The average molecular weight is 475 g/mol. The van der Waals surface area contributed by atoms with E-state index >= 15 is 4.39 Å². The van der Waals surface area contributed by atoms with E-state index in [0.29, 0.717) is 5.92 Å². The van der Waals surface area contributed by atoms with Gasteiger partial charge in [0.15, 0.2) is 0 Å². The van der Waals surface area contributed by atoms with Gasteiger partial charge in [-0.25, -0.2) is 9.18 Å². The SMILES string of the molecule is NCC(=O)N(Cc1ccc(C2CCCCC2)cc1)c1ccc(C(=O)OCc2ccccc2)cc1F. The van der Waals surface area contributed by atoms with E-state index in [9.17, 15) is 9.59 Å². The Balaban J connectivity index is 1.46. The van der Waals surface area contributed by atoms with Crippen LogP contribution in [0.4, 0.5) is 10.1 Å². The summed E-state index contributed by atoms with van der Waals surface area (Å²) in [6.07, 6.45) is 6.26. The molecule has 0 aliphatic heterocycles. The third kappa shape index (κ3) is 6.34. The van der Waals surface area contributed by atoms with E-state index in [1.54, 1.807) is 0 Å². The first-order valence-corrected chi connectivity index (χ1v) is 12.1. The molecule has 1 amide bonds. The van der Waals surface area contributed by atoms with E-state index in [-0.39, 0.29) is 30.9 Å². The molecule has 1 fully saturated rings. The van der Waals surface area contributed by atoms with E-state index in [4.69, 9.17) is 10.5 Å². The van der Waals surface area contributed by atoms with Crippen molar-refractivity contribution in [1.82, 2.24) is 0 Å². The molecule has 3 aromatic carbocycles. The summed E-state index contributed by atoms with van der Waals surface area (Å²) in [5.74, 6) is -1.13. The van der Waals surface area contributed by atoms with Crippen LogP contribution in [0.1, 0.15) is 65.1 Å². The molecule has 0 heterocycles. The monoisotopic (exact) mass is 474 g/mol. The van der Waals surface area contributed by atoms with Crippen LogP contribution in [0.5, 0.6) is 0 Å². The lowest BCUT2D eigenvalue weighted by atomic mass is 9.84. The Morgan fingerprint density at radius 1 is 0.914 bits per heavy atom. The van der Waals surface area contributed by atoms with Crippen molar-refractivity contribution in [3.05, 3.63) is 101 Å². The molecule has 1 aliphatic carbocycles. The number of amides is 1. The van der Waals surface area contributed by atoms with E-state index in [0.717, 1.165) is 17.2 Å². The van der Waals surface area contributed by atoms with E-state index < -0.39 is 17.7 Å². The number of anilines is 1. The fourth-order valence-corrected chi connectivity index (χ4v) is 4.59. The standard InChI is InChI=1S/C29H31FN2O3/c30-26-17-25(29(34)35-20-22-7-3-1-4-8-22)15-16-27(26)32(28(33)18-31)19-21-11-13-24(14-12-21)23-9-5-2-6-10-23/h1,3-4,7-8,11-17,23H,2,5-6,9-10,18-20,31H2. The molecule has 5 nitrogen and oxygen atoms in total. The highest BCUT2D eigenvalue weighted by atomic mass is 19.1. The molecule has 4 rings (SSSR count). The topological polar surface area (TPSA) is 72.6 Å². The molecule has 0 radical (unpaired) electrons. The van der Waals surface area contributed by atoms with Gasteiger partial charge in [0.2, 0.25) is 5.91 Å². The Bertz CT molecular complexity index is 1140. The van der Waals surface area contributed by atoms with Crippen molar-refractivity contribution in [3.63, 3.8) is 0 Å². The number of nitrogens with zero attached hydrogens (tertiary/aromatic N) is 1. The van der Waals surface area contributed by atoms with Crippen LogP contribution in [0.2, 0.25) is 0 Å². The second kappa shape index (κ2) is 11.8. The number of ether oxygens (including phenoxy) is 1. The average Bonchev–Trinajstić information content (AvgIpc) is 2.91. The molecule has 0 unspecified atom stereocenters. The number of esters is 1. The van der Waals surface area contributed by atoms with Gasteiger partial charge >= 0.3 is 5.97 Å². The zero-order chi connectivity index (χ0) is 24.6. The summed E-state index contributed by atoms with van der Waals surface area (Å²) >= 11 is 0. The van der Waals surface area contributed by atoms with Crippen LogP contribution in [0.25, 0.3) is 0 Å². The van der Waals surface area contributed by atoms with Crippen LogP contribution in [0, 0.1) is 5.82 Å². The van der Waals surface area contributed by atoms with Crippen molar-refractivity contribution in [2.45, 2.75) is 51.2 Å². The highest BCUT2D eigenvalue weighted by Crippen LogP contribution is 2.33. The number of halogens is 1. The normalized spacial score (nSPS) is 13.9. The molecule has 182 valence electrons. The molecule has 0 bridgehead atoms. The fraction of sp³-hybridized carbons (Fsp3) is 0.310. The maximum Gasteiger partial charge on any atom is 0.338 e. The van der Waals surface area contributed by atoms with Crippen molar-refractivity contribution < 1.29 is 18.7 Å². The van der Waals surface area contributed by atoms with Crippen LogP contribution in [-0.2, 0) is 22.7 Å². The van der Waals surface area contributed by atoms with Gasteiger partial charge in [-0.05, 0) is 53.6 Å². The first-order chi connectivity index (χ1) is 17.0. The van der Waals surface area contributed by atoms with Crippen LogP contribution in [0.3, 0.4) is 0 Å². The summed E-state index contributed by atoms with van der Waals surface area (Å²) in [7, 11) is 0. The molecule has 0 atom stereocenters. The highest BCUT2D eigenvalue weighted by molar-refractivity contribution is 5.96. The van der Waals surface area contributed by atoms with Crippen molar-refractivity contribution in [1.29, 1.82) is 0 Å². The second-order valence-corrected chi connectivity index (χ2v) is 8.99. The Morgan fingerprint density at radius 3 is 2.29 bits per heavy atom. The minimum atomic E-state index is -0.681. The molecule has 0 saturated heterocycles. The summed E-state index contributed by atoms with van der Waals surface area (Å²) in [6, 6.07) is 21.5. The van der Waals surface area contributed by atoms with Crippen LogP contribution < -0.4 is 10.6 Å². The Labute approximate surface area is 205 Å². The van der Waals surface area contributed by atoms with Gasteiger partial charge in [0.25, 0.3) is 0 Å². The van der Waals surface area contributed by atoms with Gasteiger partial charge in [-0.1, -0.05) is 73.9 Å². The quantitative estimate of drug-likeness (QED) is 0.424. The van der Waals surface area contributed by atoms with Gasteiger partial charge < -0.3 is 15.4 Å². The molecular formula is C29H31FN2O3. The van der Waals surface area contributed by atoms with Gasteiger partial charge in [0, 0.05) is 0 Å². The summed E-state index contributed by atoms with van der Waals surface area (Å²) in [5.41, 5.74) is 8.82. The number of benzene rings is 3. The zero-order valence-electron chi connectivity index (χ0n) is 19.8. The summed E-state index contributed by atoms with van der Waals surface area (Å²) in [5, 5.41) is 0. The number of rotatable bonds is 8. The third-order valence-electron chi connectivity index (χ3n) is 6.56. The Hall–Kier alpha value is -3.51. The summed E-state index contributed by atoms with van der Waals surface area (Å²) < 4.78 is 20.4. The second-order valence-electron chi connectivity index (χ2n) is 8.99. The molecule has 1 aliphatic rings. The molecule has 2 N–H and O–H groups in total. The third-order valence-corrected chi connectivity index (χ3v) is 6.56. The lowest BCUT2D eigenvalue weighted by molar-refractivity contribution is -0.117. The number of carbonyl (C=O) groups excluding carboxylic acids is 2. The van der Waals surface area contributed by atoms with Gasteiger partial charge in [0.05, 0.1) is 24.3 Å². The van der Waals surface area contributed by atoms with Crippen molar-refractivity contribution in [3.8, 4) is 0 Å². The number of carbonyl (C=O) groups is 2. The molecular weight excluding hydrogens is 443 g/mol. The van der Waals surface area contributed by atoms with Crippen molar-refractivity contribution in [2.24, 2.45) is 5.73 Å². The number of hydrogen-bond acceptors (Lipinski definition) is 4.